The fourth-order valence-corrected chi connectivity index (χ4v) is 4.90. The lowest BCUT2D eigenvalue weighted by molar-refractivity contribution is -0.137. The van der Waals surface area contributed by atoms with Gasteiger partial charge in [-0.2, -0.15) is 13.2 Å². The van der Waals surface area contributed by atoms with E-state index in [1.54, 1.807) is 6.07 Å². The molecule has 12 heteroatoms. The second-order valence-corrected chi connectivity index (χ2v) is 10.7. The molecular weight excluding hydrogens is 513 g/mol. The second kappa shape index (κ2) is 9.92. The third-order valence-corrected chi connectivity index (χ3v) is 7.29. The van der Waals surface area contributed by atoms with Gasteiger partial charge in [-0.3, -0.25) is 9.36 Å². The number of hydrogen-bond acceptors (Lipinski definition) is 5. The van der Waals surface area contributed by atoms with Crippen molar-refractivity contribution in [1.29, 1.82) is 0 Å². The SMILES string of the molecule is CS(=O)(=O)c1ccc(-n2ccc(OC3CCN(C(=O)O)C(c4ccc(C(F)(F)F)cc4)C3)cc2=O)cc1. The molecule has 0 aliphatic carbocycles. The highest BCUT2D eigenvalue weighted by atomic mass is 32.2. The summed E-state index contributed by atoms with van der Waals surface area (Å²) in [6.07, 6.45) is -3.08. The lowest BCUT2D eigenvalue weighted by atomic mass is 9.93. The molecule has 2 unspecified atom stereocenters. The lowest BCUT2D eigenvalue weighted by Crippen LogP contribution is -2.43. The van der Waals surface area contributed by atoms with Crippen LogP contribution < -0.4 is 10.3 Å². The minimum Gasteiger partial charge on any atom is -0.490 e. The predicted octanol–water partition coefficient (Wildman–Crippen LogP) is 4.52. The van der Waals surface area contributed by atoms with Crippen LogP contribution in [0, 0.1) is 0 Å². The molecule has 3 aromatic rings. The highest BCUT2D eigenvalue weighted by Crippen LogP contribution is 2.35. The molecule has 1 fully saturated rings. The number of hydrogen-bond donors (Lipinski definition) is 1. The number of amides is 1. The number of aromatic nitrogens is 1. The van der Waals surface area contributed by atoms with Crippen LogP contribution in [-0.2, 0) is 16.0 Å². The molecule has 0 radical (unpaired) electrons. The van der Waals surface area contributed by atoms with Crippen molar-refractivity contribution >= 4 is 15.9 Å². The van der Waals surface area contributed by atoms with Crippen molar-refractivity contribution in [3.63, 3.8) is 0 Å². The average molecular weight is 537 g/mol. The fraction of sp³-hybridized carbons (Fsp3) is 0.280. The monoisotopic (exact) mass is 536 g/mol. The van der Waals surface area contributed by atoms with Gasteiger partial charge in [0, 0.05) is 43.6 Å². The van der Waals surface area contributed by atoms with Crippen molar-refractivity contribution in [2.75, 3.05) is 12.8 Å². The molecule has 2 heterocycles. The quantitative estimate of drug-likeness (QED) is 0.514. The van der Waals surface area contributed by atoms with E-state index >= 15 is 0 Å². The molecule has 0 saturated carbocycles. The summed E-state index contributed by atoms with van der Waals surface area (Å²) in [5.41, 5.74) is -0.377. The maximum absolute atomic E-state index is 12.9. The van der Waals surface area contributed by atoms with Crippen LogP contribution in [0.3, 0.4) is 0 Å². The third kappa shape index (κ3) is 5.96. The molecular formula is C25H23F3N2O6S. The Hall–Kier alpha value is -3.80. The Bertz CT molecular complexity index is 1450. The maximum Gasteiger partial charge on any atom is 0.416 e. The second-order valence-electron chi connectivity index (χ2n) is 8.71. The van der Waals surface area contributed by atoms with Crippen molar-refractivity contribution < 1.29 is 36.2 Å². The van der Waals surface area contributed by atoms with Crippen molar-refractivity contribution in [3.8, 4) is 11.4 Å². The molecule has 1 aliphatic heterocycles. The number of rotatable bonds is 5. The Kier molecular flexibility index (Phi) is 7.05. The van der Waals surface area contributed by atoms with Gasteiger partial charge in [0.2, 0.25) is 0 Å². The van der Waals surface area contributed by atoms with Crippen LogP contribution in [-0.4, -0.2) is 48.0 Å². The molecule has 0 bridgehead atoms. The zero-order chi connectivity index (χ0) is 27.0. The summed E-state index contributed by atoms with van der Waals surface area (Å²) in [7, 11) is -3.38. The molecule has 37 heavy (non-hydrogen) atoms. The van der Waals surface area contributed by atoms with Crippen molar-refractivity contribution in [2.45, 2.75) is 36.1 Å². The van der Waals surface area contributed by atoms with Gasteiger partial charge >= 0.3 is 12.3 Å². The van der Waals surface area contributed by atoms with Crippen LogP contribution in [0.4, 0.5) is 18.0 Å². The number of sulfone groups is 1. The molecule has 1 aromatic heterocycles. The Labute approximate surface area is 210 Å². The summed E-state index contributed by atoms with van der Waals surface area (Å²) in [5.74, 6) is 0.258. The number of pyridine rings is 1. The molecule has 196 valence electrons. The first-order chi connectivity index (χ1) is 17.3. The van der Waals surface area contributed by atoms with Crippen LogP contribution in [0.15, 0.2) is 76.6 Å². The number of benzene rings is 2. The van der Waals surface area contributed by atoms with Crippen molar-refractivity contribution in [3.05, 3.63) is 88.3 Å². The van der Waals surface area contributed by atoms with E-state index in [-0.39, 0.29) is 23.6 Å². The first-order valence-electron chi connectivity index (χ1n) is 11.2. The van der Waals surface area contributed by atoms with E-state index in [9.17, 15) is 36.3 Å². The molecule has 1 saturated heterocycles. The van der Waals surface area contributed by atoms with Crippen LogP contribution in [0.1, 0.15) is 30.0 Å². The Balaban J connectivity index is 1.51. The first-order valence-corrected chi connectivity index (χ1v) is 13.1. The summed E-state index contributed by atoms with van der Waals surface area (Å²) < 4.78 is 69.3. The van der Waals surface area contributed by atoms with Gasteiger partial charge in [-0.1, -0.05) is 12.1 Å². The largest absolute Gasteiger partial charge is 0.490 e. The van der Waals surface area contributed by atoms with E-state index < -0.39 is 45.4 Å². The maximum atomic E-state index is 12.9. The molecule has 0 spiro atoms. The van der Waals surface area contributed by atoms with E-state index in [1.807, 2.05) is 0 Å². The van der Waals surface area contributed by atoms with Crippen molar-refractivity contribution in [2.24, 2.45) is 0 Å². The molecule has 1 aliphatic rings. The predicted molar refractivity (Wildman–Crippen MR) is 128 cm³/mol. The standard InChI is InChI=1S/C25H23F3N2O6S/c1-37(34,35)21-8-6-18(7-9-21)29-12-10-20(15-23(29)31)36-19-11-13-30(24(32)33)22(14-19)16-2-4-17(5-3-16)25(26,27)28/h2-10,12,15,19,22H,11,13-14H2,1H3,(H,32,33). The Morgan fingerprint density at radius 1 is 1.05 bits per heavy atom. The van der Waals surface area contributed by atoms with Gasteiger partial charge < -0.3 is 14.7 Å². The van der Waals surface area contributed by atoms with Crippen LogP contribution in [0.25, 0.3) is 5.69 Å². The highest BCUT2D eigenvalue weighted by Gasteiger charge is 2.35. The number of carboxylic acid groups (broad SMARTS) is 1. The number of carbonyl (C=O) groups is 1. The minimum atomic E-state index is -4.50. The van der Waals surface area contributed by atoms with Crippen LogP contribution in [0.5, 0.6) is 5.75 Å². The van der Waals surface area contributed by atoms with E-state index in [2.05, 4.69) is 0 Å². The van der Waals surface area contributed by atoms with Gasteiger partial charge in [-0.15, -0.1) is 0 Å². The molecule has 8 nitrogen and oxygen atoms in total. The fourth-order valence-electron chi connectivity index (χ4n) is 4.27. The van der Waals surface area contributed by atoms with Crippen molar-refractivity contribution in [1.82, 2.24) is 9.47 Å². The zero-order valence-electron chi connectivity index (χ0n) is 19.6. The van der Waals surface area contributed by atoms with E-state index in [4.69, 9.17) is 4.74 Å². The molecule has 2 aromatic carbocycles. The van der Waals surface area contributed by atoms with Gasteiger partial charge in [0.05, 0.1) is 16.5 Å². The number of likely N-dealkylation sites (tertiary alicyclic amines) is 1. The minimum absolute atomic E-state index is 0.107. The van der Waals surface area contributed by atoms with E-state index in [1.165, 1.54) is 58.1 Å². The average Bonchev–Trinajstić information content (AvgIpc) is 2.83. The molecule has 1 amide bonds. The summed E-state index contributed by atoms with van der Waals surface area (Å²) in [4.78, 5) is 25.7. The summed E-state index contributed by atoms with van der Waals surface area (Å²) in [5, 5.41) is 9.59. The first kappa shape index (κ1) is 26.3. The van der Waals surface area contributed by atoms with Gasteiger partial charge in [0.1, 0.15) is 11.9 Å². The Morgan fingerprint density at radius 3 is 2.24 bits per heavy atom. The van der Waals surface area contributed by atoms with Crippen LogP contribution in [0.2, 0.25) is 0 Å². The van der Waals surface area contributed by atoms with Gasteiger partial charge in [-0.25, -0.2) is 13.2 Å². The molecule has 2 atom stereocenters. The van der Waals surface area contributed by atoms with Gasteiger partial charge in [0.15, 0.2) is 9.84 Å². The number of halogens is 3. The number of nitrogens with zero attached hydrogens (tertiary/aromatic N) is 2. The van der Waals surface area contributed by atoms with E-state index in [0.717, 1.165) is 18.4 Å². The van der Waals surface area contributed by atoms with Gasteiger partial charge in [0.25, 0.3) is 5.56 Å². The summed E-state index contributed by atoms with van der Waals surface area (Å²) >= 11 is 0. The lowest BCUT2D eigenvalue weighted by Gasteiger charge is -2.38. The smallest absolute Gasteiger partial charge is 0.416 e. The third-order valence-electron chi connectivity index (χ3n) is 6.16. The van der Waals surface area contributed by atoms with E-state index in [0.29, 0.717) is 17.7 Å². The summed E-state index contributed by atoms with van der Waals surface area (Å²) in [6, 6.07) is 12.3. The van der Waals surface area contributed by atoms with Gasteiger partial charge in [-0.05, 0) is 48.0 Å². The topological polar surface area (TPSA) is 106 Å². The zero-order valence-corrected chi connectivity index (χ0v) is 20.4. The Morgan fingerprint density at radius 2 is 1.70 bits per heavy atom. The number of piperidine rings is 1. The highest BCUT2D eigenvalue weighted by molar-refractivity contribution is 7.90. The molecule has 4 rings (SSSR count). The summed E-state index contributed by atoms with van der Waals surface area (Å²) in [6.45, 7) is 0.107. The van der Waals surface area contributed by atoms with Crippen LogP contribution >= 0.6 is 0 Å². The number of ether oxygens (including phenoxy) is 1. The number of alkyl halides is 3. The molecule has 1 N–H and O–H groups in total. The normalized spacial score (nSPS) is 18.4.